The van der Waals surface area contributed by atoms with Gasteiger partial charge < -0.3 is 20.2 Å². The first-order chi connectivity index (χ1) is 8.70. The summed E-state index contributed by atoms with van der Waals surface area (Å²) in [6, 6.07) is -0.480. The van der Waals surface area contributed by atoms with Gasteiger partial charge >= 0.3 is 12.0 Å². The monoisotopic (exact) mass is 269 g/mol. The number of carboxylic acids is 1. The minimum atomic E-state index is -1.13. The number of likely N-dealkylation sites (N-methyl/N-ethyl adjacent to an activating group) is 1. The Hall–Kier alpha value is -1.79. The molecule has 1 aliphatic heterocycles. The number of urea groups is 1. The number of carbonyl (C=O) groups excluding carboxylic acids is 2. The molecule has 0 aromatic heterocycles. The fourth-order valence-corrected chi connectivity index (χ4v) is 2.36. The van der Waals surface area contributed by atoms with Crippen molar-refractivity contribution in [1.29, 1.82) is 0 Å². The Morgan fingerprint density at radius 2 is 1.84 bits per heavy atom. The van der Waals surface area contributed by atoms with Crippen molar-refractivity contribution in [2.24, 2.45) is 0 Å². The zero-order valence-corrected chi connectivity index (χ0v) is 11.4. The minimum absolute atomic E-state index is 0.144. The molecule has 0 spiro atoms. The van der Waals surface area contributed by atoms with Gasteiger partial charge in [-0.2, -0.15) is 0 Å². The number of amides is 3. The van der Waals surface area contributed by atoms with Gasteiger partial charge in [-0.25, -0.2) is 9.59 Å². The first-order valence-corrected chi connectivity index (χ1v) is 6.29. The van der Waals surface area contributed by atoms with Crippen LogP contribution in [-0.2, 0) is 9.59 Å². The zero-order chi connectivity index (χ0) is 14.4. The summed E-state index contributed by atoms with van der Waals surface area (Å²) in [6.07, 6.45) is 0.881. The van der Waals surface area contributed by atoms with Crippen molar-refractivity contribution in [2.75, 3.05) is 20.1 Å². The average Bonchev–Trinajstić information content (AvgIpc) is 3.07. The number of hydrogen-bond acceptors (Lipinski definition) is 3. The van der Waals surface area contributed by atoms with Crippen molar-refractivity contribution in [1.82, 2.24) is 15.1 Å². The van der Waals surface area contributed by atoms with Gasteiger partial charge in [-0.05, 0) is 26.7 Å². The molecule has 1 aliphatic carbocycles. The minimum Gasteiger partial charge on any atom is -0.480 e. The van der Waals surface area contributed by atoms with Crippen LogP contribution in [0.25, 0.3) is 0 Å². The number of rotatable bonds is 2. The molecule has 2 aliphatic rings. The highest BCUT2D eigenvalue weighted by atomic mass is 16.4. The summed E-state index contributed by atoms with van der Waals surface area (Å²) in [5, 5.41) is 11.6. The molecule has 7 heteroatoms. The third kappa shape index (κ3) is 2.13. The van der Waals surface area contributed by atoms with E-state index in [0.29, 0.717) is 25.9 Å². The van der Waals surface area contributed by atoms with Gasteiger partial charge in [0.2, 0.25) is 5.91 Å². The van der Waals surface area contributed by atoms with Crippen molar-refractivity contribution < 1.29 is 19.5 Å². The van der Waals surface area contributed by atoms with E-state index in [1.54, 1.807) is 25.8 Å². The molecule has 1 saturated heterocycles. The van der Waals surface area contributed by atoms with E-state index in [1.807, 2.05) is 0 Å². The summed E-state index contributed by atoms with van der Waals surface area (Å²) >= 11 is 0. The van der Waals surface area contributed by atoms with Crippen LogP contribution in [0.5, 0.6) is 0 Å². The van der Waals surface area contributed by atoms with Gasteiger partial charge in [0, 0.05) is 20.1 Å². The van der Waals surface area contributed by atoms with Crippen LogP contribution in [0, 0.1) is 0 Å². The molecule has 3 amide bonds. The summed E-state index contributed by atoms with van der Waals surface area (Å²) < 4.78 is 0. The molecule has 2 N–H and O–H groups in total. The predicted molar refractivity (Wildman–Crippen MR) is 66.6 cm³/mol. The molecule has 1 saturated carbocycles. The molecule has 2 fully saturated rings. The second-order valence-electron chi connectivity index (χ2n) is 5.75. The molecule has 106 valence electrons. The highest BCUT2D eigenvalue weighted by Gasteiger charge is 2.53. The summed E-state index contributed by atoms with van der Waals surface area (Å²) in [6.45, 7) is 4.20. The molecular weight excluding hydrogens is 250 g/mol. The number of aliphatic carboxylic acids is 1. The Bertz CT molecular complexity index is 442. The van der Waals surface area contributed by atoms with Crippen molar-refractivity contribution >= 4 is 17.9 Å². The van der Waals surface area contributed by atoms with Crippen LogP contribution in [-0.4, -0.2) is 64.0 Å². The van der Waals surface area contributed by atoms with Crippen LogP contribution in [0.3, 0.4) is 0 Å². The standard InChI is InChI=1S/C12H19N3O4/c1-11(2)8(16)14(3)6-7-15(11)10(19)13-12(4-5-12)9(17)18/h4-7H2,1-3H3,(H,13,19)(H,17,18). The SMILES string of the molecule is CN1CCN(C(=O)NC2(C(=O)O)CC2)C(C)(C)C1=O. The summed E-state index contributed by atoms with van der Waals surface area (Å²) in [4.78, 5) is 38.3. The molecule has 0 unspecified atom stereocenters. The van der Waals surface area contributed by atoms with E-state index in [1.165, 1.54) is 4.90 Å². The van der Waals surface area contributed by atoms with E-state index >= 15 is 0 Å². The predicted octanol–water partition coefficient (Wildman–Crippen LogP) is -0.134. The third-order valence-electron chi connectivity index (χ3n) is 3.95. The zero-order valence-electron chi connectivity index (χ0n) is 11.4. The maximum atomic E-state index is 12.2. The Morgan fingerprint density at radius 1 is 1.26 bits per heavy atom. The summed E-state index contributed by atoms with van der Waals surface area (Å²) in [5.41, 5.74) is -2.08. The normalized spacial score (nSPS) is 24.1. The molecule has 1 heterocycles. The lowest BCUT2D eigenvalue weighted by atomic mass is 9.98. The third-order valence-corrected chi connectivity index (χ3v) is 3.95. The van der Waals surface area contributed by atoms with E-state index in [0.717, 1.165) is 0 Å². The summed E-state index contributed by atoms with van der Waals surface area (Å²) in [7, 11) is 1.69. The van der Waals surface area contributed by atoms with E-state index in [9.17, 15) is 14.4 Å². The fraction of sp³-hybridized carbons (Fsp3) is 0.750. The lowest BCUT2D eigenvalue weighted by molar-refractivity contribution is -0.144. The van der Waals surface area contributed by atoms with E-state index in [-0.39, 0.29) is 5.91 Å². The quantitative estimate of drug-likeness (QED) is 0.730. The second-order valence-corrected chi connectivity index (χ2v) is 5.75. The van der Waals surface area contributed by atoms with Crippen LogP contribution < -0.4 is 5.32 Å². The molecule has 19 heavy (non-hydrogen) atoms. The highest BCUT2D eigenvalue weighted by Crippen LogP contribution is 2.36. The Balaban J connectivity index is 2.11. The van der Waals surface area contributed by atoms with Gasteiger partial charge in [-0.15, -0.1) is 0 Å². The average molecular weight is 269 g/mol. The first kappa shape index (κ1) is 13.6. The summed E-state index contributed by atoms with van der Waals surface area (Å²) in [5.74, 6) is -1.16. The molecule has 0 aromatic rings. The van der Waals surface area contributed by atoms with Crippen LogP contribution in [0.4, 0.5) is 4.79 Å². The molecule has 7 nitrogen and oxygen atoms in total. The molecule has 0 bridgehead atoms. The van der Waals surface area contributed by atoms with Gasteiger partial charge in [0.1, 0.15) is 11.1 Å². The maximum absolute atomic E-state index is 12.2. The van der Waals surface area contributed by atoms with E-state index < -0.39 is 23.1 Å². The number of carbonyl (C=O) groups is 3. The Kier molecular flexibility index (Phi) is 2.95. The molecule has 2 rings (SSSR count). The van der Waals surface area contributed by atoms with Crippen LogP contribution in [0.1, 0.15) is 26.7 Å². The number of carboxylic acid groups (broad SMARTS) is 1. The van der Waals surface area contributed by atoms with E-state index in [4.69, 9.17) is 5.11 Å². The van der Waals surface area contributed by atoms with Gasteiger partial charge in [0.05, 0.1) is 0 Å². The van der Waals surface area contributed by atoms with Crippen molar-refractivity contribution in [3.63, 3.8) is 0 Å². The number of piperazine rings is 1. The topological polar surface area (TPSA) is 89.9 Å². The number of nitrogens with one attached hydrogen (secondary N) is 1. The van der Waals surface area contributed by atoms with Gasteiger partial charge in [-0.1, -0.05) is 0 Å². The van der Waals surface area contributed by atoms with Gasteiger partial charge in [-0.3, -0.25) is 4.79 Å². The molecule has 0 atom stereocenters. The van der Waals surface area contributed by atoms with Crippen molar-refractivity contribution in [3.05, 3.63) is 0 Å². The smallest absolute Gasteiger partial charge is 0.329 e. The van der Waals surface area contributed by atoms with Crippen LogP contribution in [0.15, 0.2) is 0 Å². The number of hydrogen-bond donors (Lipinski definition) is 2. The largest absolute Gasteiger partial charge is 0.480 e. The lowest BCUT2D eigenvalue weighted by Crippen LogP contribution is -2.66. The second kappa shape index (κ2) is 4.11. The van der Waals surface area contributed by atoms with Crippen molar-refractivity contribution in [3.8, 4) is 0 Å². The Morgan fingerprint density at radius 3 is 2.32 bits per heavy atom. The Labute approximate surface area is 111 Å². The fourth-order valence-electron chi connectivity index (χ4n) is 2.36. The lowest BCUT2D eigenvalue weighted by Gasteiger charge is -2.44. The van der Waals surface area contributed by atoms with Gasteiger partial charge in [0.15, 0.2) is 0 Å². The molecular formula is C12H19N3O4. The molecule has 0 aromatic carbocycles. The van der Waals surface area contributed by atoms with Crippen LogP contribution >= 0.6 is 0 Å². The van der Waals surface area contributed by atoms with Crippen LogP contribution in [0.2, 0.25) is 0 Å². The first-order valence-electron chi connectivity index (χ1n) is 6.29. The maximum Gasteiger partial charge on any atom is 0.329 e. The van der Waals surface area contributed by atoms with Crippen molar-refractivity contribution in [2.45, 2.75) is 37.8 Å². The highest BCUT2D eigenvalue weighted by molar-refractivity contribution is 5.94. The number of nitrogens with zero attached hydrogens (tertiary/aromatic N) is 2. The van der Waals surface area contributed by atoms with E-state index in [2.05, 4.69) is 5.32 Å². The van der Waals surface area contributed by atoms with Gasteiger partial charge in [0.25, 0.3) is 0 Å². The molecule has 0 radical (unpaired) electrons.